The molecule has 0 spiro atoms. The Hall–Kier alpha value is -2.63. The van der Waals surface area contributed by atoms with Gasteiger partial charge in [-0.3, -0.25) is 14.3 Å². The summed E-state index contributed by atoms with van der Waals surface area (Å²) in [4.78, 5) is 27.4. The van der Waals surface area contributed by atoms with Gasteiger partial charge < -0.3 is 10.2 Å². The number of nitrogens with one attached hydrogen (secondary N) is 1. The van der Waals surface area contributed by atoms with Crippen molar-refractivity contribution < 1.29 is 9.59 Å². The van der Waals surface area contributed by atoms with E-state index in [0.717, 1.165) is 30.5 Å². The fourth-order valence-electron chi connectivity index (χ4n) is 4.16. The van der Waals surface area contributed by atoms with E-state index < -0.39 is 0 Å². The SMILES string of the molecule is Cn1ncc2c1CC(C(=O)N1CCNC(=O)CC1c1ccccc1)CC2. The molecular weight excluding hydrogens is 328 g/mol. The van der Waals surface area contributed by atoms with Crippen LogP contribution in [0.2, 0.25) is 0 Å². The Bertz CT molecular complexity index is 814. The van der Waals surface area contributed by atoms with E-state index in [0.29, 0.717) is 19.5 Å². The summed E-state index contributed by atoms with van der Waals surface area (Å²) in [5.74, 6) is 0.117. The maximum absolute atomic E-state index is 13.4. The molecule has 2 aromatic rings. The average Bonchev–Trinajstić information content (AvgIpc) is 2.92. The number of amides is 2. The van der Waals surface area contributed by atoms with E-state index in [1.165, 1.54) is 5.56 Å². The molecule has 1 saturated heterocycles. The van der Waals surface area contributed by atoms with Gasteiger partial charge in [-0.25, -0.2) is 0 Å². The third-order valence-corrected chi connectivity index (χ3v) is 5.60. The van der Waals surface area contributed by atoms with Gasteiger partial charge in [-0.2, -0.15) is 5.10 Å². The summed E-state index contributed by atoms with van der Waals surface area (Å²) in [5, 5.41) is 7.23. The number of rotatable bonds is 2. The van der Waals surface area contributed by atoms with Gasteiger partial charge in [-0.1, -0.05) is 30.3 Å². The summed E-state index contributed by atoms with van der Waals surface area (Å²) in [7, 11) is 1.94. The summed E-state index contributed by atoms with van der Waals surface area (Å²) < 4.78 is 1.89. The highest BCUT2D eigenvalue weighted by molar-refractivity contribution is 5.83. The highest BCUT2D eigenvalue weighted by Crippen LogP contribution is 2.31. The van der Waals surface area contributed by atoms with Crippen molar-refractivity contribution in [2.75, 3.05) is 13.1 Å². The first kappa shape index (κ1) is 16.8. The Morgan fingerprint density at radius 3 is 2.85 bits per heavy atom. The Balaban J connectivity index is 1.60. The highest BCUT2D eigenvalue weighted by atomic mass is 16.2. The Morgan fingerprint density at radius 2 is 2.04 bits per heavy atom. The largest absolute Gasteiger partial charge is 0.354 e. The van der Waals surface area contributed by atoms with Crippen LogP contribution in [0.1, 0.15) is 35.7 Å². The number of fused-ring (bicyclic) bond motifs is 1. The summed E-state index contributed by atoms with van der Waals surface area (Å²) in [6.07, 6.45) is 4.69. The maximum atomic E-state index is 13.4. The first-order chi connectivity index (χ1) is 12.6. The summed E-state index contributed by atoms with van der Waals surface area (Å²) in [6.45, 7) is 1.07. The number of hydrogen-bond acceptors (Lipinski definition) is 3. The molecule has 1 aromatic carbocycles. The highest BCUT2D eigenvalue weighted by Gasteiger charge is 2.35. The van der Waals surface area contributed by atoms with Crippen molar-refractivity contribution in [1.29, 1.82) is 0 Å². The lowest BCUT2D eigenvalue weighted by Crippen LogP contribution is -2.42. The van der Waals surface area contributed by atoms with Crippen LogP contribution in [0.3, 0.4) is 0 Å². The molecule has 1 N–H and O–H groups in total. The molecule has 2 atom stereocenters. The normalized spacial score (nSPS) is 23.1. The van der Waals surface area contributed by atoms with Gasteiger partial charge in [-0.05, 0) is 24.0 Å². The van der Waals surface area contributed by atoms with Crippen LogP contribution in [0.4, 0.5) is 0 Å². The van der Waals surface area contributed by atoms with Crippen LogP contribution < -0.4 is 5.32 Å². The molecule has 0 saturated carbocycles. The second-order valence-electron chi connectivity index (χ2n) is 7.19. The molecule has 6 nitrogen and oxygen atoms in total. The molecule has 4 rings (SSSR count). The van der Waals surface area contributed by atoms with Gasteiger partial charge in [0.25, 0.3) is 0 Å². The Kier molecular flexibility index (Phi) is 4.49. The molecule has 0 bridgehead atoms. The van der Waals surface area contributed by atoms with E-state index >= 15 is 0 Å². The summed E-state index contributed by atoms with van der Waals surface area (Å²) in [6, 6.07) is 9.69. The first-order valence-corrected chi connectivity index (χ1v) is 9.25. The maximum Gasteiger partial charge on any atom is 0.226 e. The lowest BCUT2D eigenvalue weighted by atomic mass is 9.86. The van der Waals surface area contributed by atoms with Crippen LogP contribution in [0.5, 0.6) is 0 Å². The molecule has 0 radical (unpaired) electrons. The molecule has 1 aliphatic carbocycles. The average molecular weight is 352 g/mol. The lowest BCUT2D eigenvalue weighted by molar-refractivity contribution is -0.138. The molecule has 2 heterocycles. The molecule has 26 heavy (non-hydrogen) atoms. The van der Waals surface area contributed by atoms with Crippen molar-refractivity contribution in [3.8, 4) is 0 Å². The fourth-order valence-corrected chi connectivity index (χ4v) is 4.16. The van der Waals surface area contributed by atoms with Gasteiger partial charge in [0.05, 0.1) is 18.7 Å². The van der Waals surface area contributed by atoms with Crippen molar-refractivity contribution in [3.05, 3.63) is 53.3 Å². The zero-order chi connectivity index (χ0) is 18.1. The van der Waals surface area contributed by atoms with E-state index in [1.54, 1.807) is 0 Å². The molecule has 1 aromatic heterocycles. The molecule has 2 aliphatic rings. The van der Waals surface area contributed by atoms with Crippen LogP contribution in [-0.4, -0.2) is 39.6 Å². The third-order valence-electron chi connectivity index (χ3n) is 5.60. The number of aromatic nitrogens is 2. The van der Waals surface area contributed by atoms with E-state index in [1.807, 2.05) is 53.2 Å². The van der Waals surface area contributed by atoms with Crippen LogP contribution in [0.25, 0.3) is 0 Å². The fraction of sp³-hybridized carbons (Fsp3) is 0.450. The minimum Gasteiger partial charge on any atom is -0.354 e. The minimum absolute atomic E-state index is 0.00622. The van der Waals surface area contributed by atoms with Gasteiger partial charge in [0.1, 0.15) is 0 Å². The zero-order valence-corrected chi connectivity index (χ0v) is 15.0. The number of carbonyl (C=O) groups is 2. The molecule has 1 aliphatic heterocycles. The second kappa shape index (κ2) is 6.94. The lowest BCUT2D eigenvalue weighted by Gasteiger charge is -2.34. The topological polar surface area (TPSA) is 67.2 Å². The van der Waals surface area contributed by atoms with Crippen molar-refractivity contribution in [1.82, 2.24) is 20.0 Å². The number of carbonyl (C=O) groups excluding carboxylic acids is 2. The molecule has 1 fully saturated rings. The summed E-state index contributed by atoms with van der Waals surface area (Å²) in [5.41, 5.74) is 3.44. The molecule has 2 amide bonds. The molecule has 6 heteroatoms. The molecular formula is C20H24N4O2. The number of benzene rings is 1. The van der Waals surface area contributed by atoms with Gasteiger partial charge in [0.2, 0.25) is 11.8 Å². The Labute approximate surface area is 153 Å². The smallest absolute Gasteiger partial charge is 0.226 e. The zero-order valence-electron chi connectivity index (χ0n) is 15.0. The molecule has 2 unspecified atom stereocenters. The van der Waals surface area contributed by atoms with Gasteiger partial charge >= 0.3 is 0 Å². The monoisotopic (exact) mass is 352 g/mol. The van der Waals surface area contributed by atoms with Crippen LogP contribution in [0, 0.1) is 5.92 Å². The first-order valence-electron chi connectivity index (χ1n) is 9.25. The van der Waals surface area contributed by atoms with E-state index in [-0.39, 0.29) is 23.8 Å². The van der Waals surface area contributed by atoms with Crippen LogP contribution in [0.15, 0.2) is 36.5 Å². The van der Waals surface area contributed by atoms with Crippen molar-refractivity contribution in [2.45, 2.75) is 31.7 Å². The predicted molar refractivity (Wildman–Crippen MR) is 97.2 cm³/mol. The number of hydrogen-bond donors (Lipinski definition) is 1. The van der Waals surface area contributed by atoms with Gasteiger partial charge in [0, 0.05) is 38.2 Å². The van der Waals surface area contributed by atoms with Gasteiger partial charge in [-0.15, -0.1) is 0 Å². The third kappa shape index (κ3) is 3.11. The molecule has 136 valence electrons. The predicted octanol–water partition coefficient (Wildman–Crippen LogP) is 1.61. The van der Waals surface area contributed by atoms with E-state index in [9.17, 15) is 9.59 Å². The van der Waals surface area contributed by atoms with Crippen LogP contribution >= 0.6 is 0 Å². The van der Waals surface area contributed by atoms with Crippen molar-refractivity contribution in [3.63, 3.8) is 0 Å². The van der Waals surface area contributed by atoms with Crippen LogP contribution in [-0.2, 0) is 29.5 Å². The van der Waals surface area contributed by atoms with E-state index in [2.05, 4.69) is 10.4 Å². The minimum atomic E-state index is -0.195. The quantitative estimate of drug-likeness (QED) is 0.893. The number of aryl methyl sites for hydroxylation is 2. The van der Waals surface area contributed by atoms with Crippen molar-refractivity contribution >= 4 is 11.8 Å². The Morgan fingerprint density at radius 1 is 1.23 bits per heavy atom. The van der Waals surface area contributed by atoms with Gasteiger partial charge in [0.15, 0.2) is 0 Å². The van der Waals surface area contributed by atoms with Crippen molar-refractivity contribution in [2.24, 2.45) is 13.0 Å². The number of nitrogens with zero attached hydrogens (tertiary/aromatic N) is 3. The second-order valence-corrected chi connectivity index (χ2v) is 7.19. The standard InChI is InChI=1S/C20H24N4O2/c1-23-17-11-15(7-8-16(17)13-22-23)20(26)24-10-9-21-19(25)12-18(24)14-5-3-2-4-6-14/h2-6,13,15,18H,7-12H2,1H3,(H,21,25). The summed E-state index contributed by atoms with van der Waals surface area (Å²) >= 11 is 0. The van der Waals surface area contributed by atoms with E-state index in [4.69, 9.17) is 0 Å².